The Labute approximate surface area is 154 Å². The quantitative estimate of drug-likeness (QED) is 0.598. The zero-order valence-corrected chi connectivity index (χ0v) is 15.3. The van der Waals surface area contributed by atoms with Gasteiger partial charge in [-0.15, -0.1) is 0 Å². The molecule has 0 aliphatic carbocycles. The van der Waals surface area contributed by atoms with Crippen molar-refractivity contribution in [3.05, 3.63) is 30.0 Å². The van der Waals surface area contributed by atoms with Crippen molar-refractivity contribution in [2.24, 2.45) is 0 Å². The Balaban J connectivity index is 2.24. The highest BCUT2D eigenvalue weighted by Gasteiger charge is 2.26. The summed E-state index contributed by atoms with van der Waals surface area (Å²) in [7, 11) is -0.427. The summed E-state index contributed by atoms with van der Waals surface area (Å²) in [6.07, 6.45) is 1.18. The Morgan fingerprint density at radius 1 is 1.11 bits per heavy atom. The zero-order chi connectivity index (χ0) is 20.0. The van der Waals surface area contributed by atoms with E-state index >= 15 is 0 Å². The van der Waals surface area contributed by atoms with Crippen molar-refractivity contribution in [1.29, 1.82) is 0 Å². The Morgan fingerprint density at radius 2 is 1.74 bits per heavy atom. The van der Waals surface area contributed by atoms with E-state index in [1.807, 2.05) is 0 Å². The molecule has 2 heterocycles. The summed E-state index contributed by atoms with van der Waals surface area (Å²) in [6, 6.07) is 2.84. The topological polar surface area (TPSA) is 161 Å². The van der Waals surface area contributed by atoms with Crippen LogP contribution in [-0.4, -0.2) is 56.6 Å². The van der Waals surface area contributed by atoms with Gasteiger partial charge in [0.15, 0.2) is 5.03 Å². The molecule has 2 aromatic heterocycles. The maximum atomic E-state index is 12.4. The van der Waals surface area contributed by atoms with E-state index in [-0.39, 0.29) is 23.3 Å². The summed E-state index contributed by atoms with van der Waals surface area (Å²) in [6.45, 7) is 0. The maximum Gasteiger partial charge on any atom is 0.335 e. The van der Waals surface area contributed by atoms with E-state index in [2.05, 4.69) is 25.6 Å². The molecule has 12 nitrogen and oxygen atoms in total. The van der Waals surface area contributed by atoms with Gasteiger partial charge in [0.2, 0.25) is 17.7 Å². The molecular formula is C14H16N6O6S. The third-order valence-corrected chi connectivity index (χ3v) is 4.34. The third kappa shape index (κ3) is 4.78. The lowest BCUT2D eigenvalue weighted by atomic mass is 10.3. The molecule has 0 aliphatic rings. The minimum atomic E-state index is -4.45. The highest BCUT2D eigenvalue weighted by atomic mass is 32.2. The fourth-order valence-corrected chi connectivity index (χ4v) is 2.92. The van der Waals surface area contributed by atoms with Crippen LogP contribution in [0.15, 0.2) is 29.4 Å². The van der Waals surface area contributed by atoms with Gasteiger partial charge >= 0.3 is 6.03 Å². The van der Waals surface area contributed by atoms with Gasteiger partial charge in [0.05, 0.1) is 25.8 Å². The van der Waals surface area contributed by atoms with Crippen LogP contribution in [0.25, 0.3) is 0 Å². The number of methoxy groups -OCH3 is 2. The minimum absolute atomic E-state index is 0.0895. The summed E-state index contributed by atoms with van der Waals surface area (Å²) >= 11 is 0. The first-order chi connectivity index (χ1) is 12.8. The number of carbonyl (C=O) groups excluding carboxylic acids is 2. The normalized spacial score (nSPS) is 10.6. The van der Waals surface area contributed by atoms with E-state index in [4.69, 9.17) is 9.47 Å². The van der Waals surface area contributed by atoms with Gasteiger partial charge in [0.25, 0.3) is 15.9 Å². The molecule has 13 heteroatoms. The maximum absolute atomic E-state index is 12.4. The highest BCUT2D eigenvalue weighted by molar-refractivity contribution is 7.90. The Kier molecular flexibility index (Phi) is 6.07. The van der Waals surface area contributed by atoms with Crippen LogP contribution in [0.5, 0.6) is 11.8 Å². The van der Waals surface area contributed by atoms with Crippen molar-refractivity contribution in [2.75, 3.05) is 26.6 Å². The fraction of sp³-hybridized carbons (Fsp3) is 0.214. The Bertz CT molecular complexity index is 942. The summed E-state index contributed by atoms with van der Waals surface area (Å²) in [5, 5.41) is 3.83. The van der Waals surface area contributed by atoms with Crippen LogP contribution in [-0.2, 0) is 10.0 Å². The van der Waals surface area contributed by atoms with Crippen molar-refractivity contribution in [2.45, 2.75) is 5.03 Å². The van der Waals surface area contributed by atoms with E-state index in [9.17, 15) is 18.0 Å². The van der Waals surface area contributed by atoms with Crippen molar-refractivity contribution < 1.29 is 27.5 Å². The first-order valence-electron chi connectivity index (χ1n) is 7.28. The minimum Gasteiger partial charge on any atom is -0.481 e. The molecule has 0 atom stereocenters. The van der Waals surface area contributed by atoms with Crippen molar-refractivity contribution in [1.82, 2.24) is 25.0 Å². The number of hydrogen-bond donors (Lipinski definition) is 3. The predicted octanol–water partition coefficient (Wildman–Crippen LogP) is -0.241. The number of hydrogen-bond acceptors (Lipinski definition) is 9. The van der Waals surface area contributed by atoms with Crippen LogP contribution in [0, 0.1) is 0 Å². The number of pyridine rings is 1. The second-order valence-corrected chi connectivity index (χ2v) is 6.37. The van der Waals surface area contributed by atoms with Gasteiger partial charge in [-0.2, -0.15) is 18.4 Å². The number of aromatic nitrogens is 3. The number of nitrogens with one attached hydrogen (secondary N) is 3. The van der Waals surface area contributed by atoms with E-state index in [0.717, 1.165) is 0 Å². The molecule has 0 radical (unpaired) electrons. The zero-order valence-electron chi connectivity index (χ0n) is 14.5. The van der Waals surface area contributed by atoms with Crippen LogP contribution in [0.1, 0.15) is 10.4 Å². The lowest BCUT2D eigenvalue weighted by molar-refractivity contribution is 0.0959. The first-order valence-corrected chi connectivity index (χ1v) is 8.77. The molecule has 0 saturated heterocycles. The molecule has 0 aliphatic heterocycles. The lowest BCUT2D eigenvalue weighted by Gasteiger charge is -2.11. The van der Waals surface area contributed by atoms with Crippen LogP contribution < -0.4 is 24.8 Å². The summed E-state index contributed by atoms with van der Waals surface area (Å²) in [5.41, 5.74) is -0.223. The lowest BCUT2D eigenvalue weighted by Crippen LogP contribution is -2.36. The van der Waals surface area contributed by atoms with Crippen LogP contribution in [0.4, 0.5) is 10.7 Å². The summed E-state index contributed by atoms with van der Waals surface area (Å²) in [5.74, 6) is -0.755. The van der Waals surface area contributed by atoms with Gasteiger partial charge in [-0.05, 0) is 12.1 Å². The third-order valence-electron chi connectivity index (χ3n) is 3.05. The van der Waals surface area contributed by atoms with E-state index in [0.29, 0.717) is 0 Å². The van der Waals surface area contributed by atoms with Gasteiger partial charge in [-0.3, -0.25) is 10.1 Å². The van der Waals surface area contributed by atoms with Crippen molar-refractivity contribution in [3.63, 3.8) is 0 Å². The van der Waals surface area contributed by atoms with E-state index in [1.54, 1.807) is 4.72 Å². The summed E-state index contributed by atoms with van der Waals surface area (Å²) < 4.78 is 36.4. The summed E-state index contributed by atoms with van der Waals surface area (Å²) in [4.78, 5) is 35.2. The van der Waals surface area contributed by atoms with Crippen molar-refractivity contribution in [3.8, 4) is 11.8 Å². The highest BCUT2D eigenvalue weighted by Crippen LogP contribution is 2.17. The number of amides is 3. The van der Waals surface area contributed by atoms with Gasteiger partial charge in [0, 0.05) is 13.2 Å². The number of carbonyl (C=O) groups is 2. The number of nitrogens with zero attached hydrogens (tertiary/aromatic N) is 3. The van der Waals surface area contributed by atoms with Gasteiger partial charge in [-0.1, -0.05) is 0 Å². The molecule has 144 valence electrons. The average Bonchev–Trinajstić information content (AvgIpc) is 2.66. The Hall–Kier alpha value is -3.48. The number of anilines is 1. The van der Waals surface area contributed by atoms with Crippen LogP contribution in [0.2, 0.25) is 0 Å². The molecule has 0 unspecified atom stereocenters. The molecule has 2 rings (SSSR count). The number of ether oxygens (including phenoxy) is 2. The Morgan fingerprint density at radius 3 is 2.30 bits per heavy atom. The number of sulfonamides is 1. The van der Waals surface area contributed by atoms with Crippen LogP contribution in [0.3, 0.4) is 0 Å². The van der Waals surface area contributed by atoms with Crippen molar-refractivity contribution >= 4 is 27.9 Å². The second-order valence-electron chi connectivity index (χ2n) is 4.77. The van der Waals surface area contributed by atoms with E-state index in [1.165, 1.54) is 45.7 Å². The standard InChI is InChI=1S/C14H16N6O6S/c1-15-11(21)8-5-4-6-16-12(8)27(23,24)20-14(22)19-13-17-9(25-2)7-10(18-13)26-3/h4-7H,1-3H3,(H,15,21)(H2,17,18,19,20,22). The molecule has 0 bridgehead atoms. The molecule has 0 spiro atoms. The molecule has 3 N–H and O–H groups in total. The molecule has 2 aromatic rings. The molecule has 3 amide bonds. The van der Waals surface area contributed by atoms with Gasteiger partial charge in [-0.25, -0.2) is 14.5 Å². The SMILES string of the molecule is CNC(=O)c1cccnc1S(=O)(=O)NC(=O)Nc1nc(OC)cc(OC)n1. The average molecular weight is 396 g/mol. The number of urea groups is 1. The number of rotatable bonds is 6. The molecule has 0 saturated carbocycles. The largest absolute Gasteiger partial charge is 0.481 e. The second kappa shape index (κ2) is 8.27. The van der Waals surface area contributed by atoms with Gasteiger partial charge in [0.1, 0.15) is 0 Å². The van der Waals surface area contributed by atoms with Crippen LogP contribution >= 0.6 is 0 Å². The smallest absolute Gasteiger partial charge is 0.335 e. The molecular weight excluding hydrogens is 380 g/mol. The predicted molar refractivity (Wildman–Crippen MR) is 92.1 cm³/mol. The first kappa shape index (κ1) is 19.8. The van der Waals surface area contributed by atoms with Gasteiger partial charge < -0.3 is 14.8 Å². The van der Waals surface area contributed by atoms with E-state index < -0.39 is 27.0 Å². The molecule has 0 aromatic carbocycles. The molecule has 0 fully saturated rings. The monoisotopic (exact) mass is 396 g/mol. The molecule has 27 heavy (non-hydrogen) atoms. The fourth-order valence-electron chi connectivity index (χ4n) is 1.88.